The van der Waals surface area contributed by atoms with Gasteiger partial charge in [-0.2, -0.15) is 0 Å². The first-order chi connectivity index (χ1) is 9.29. The van der Waals surface area contributed by atoms with Crippen molar-refractivity contribution in [2.24, 2.45) is 7.05 Å². The predicted molar refractivity (Wildman–Crippen MR) is 75.2 cm³/mol. The van der Waals surface area contributed by atoms with Crippen molar-refractivity contribution in [2.45, 2.75) is 16.6 Å². The Morgan fingerprint density at radius 1 is 1.32 bits per heavy atom. The Kier molecular flexibility index (Phi) is 5.38. The number of rotatable bonds is 7. The van der Waals surface area contributed by atoms with Crippen LogP contribution in [0.1, 0.15) is 5.56 Å². The van der Waals surface area contributed by atoms with Crippen LogP contribution in [0.2, 0.25) is 0 Å². The van der Waals surface area contributed by atoms with Crippen molar-refractivity contribution in [3.8, 4) is 0 Å². The molecule has 0 radical (unpaired) electrons. The van der Waals surface area contributed by atoms with Crippen LogP contribution in [0.15, 0.2) is 40.6 Å². The van der Waals surface area contributed by atoms with E-state index in [0.29, 0.717) is 0 Å². The molecule has 0 aliphatic heterocycles. The zero-order chi connectivity index (χ0) is 13.5. The SMILES string of the molecule is COCCNCc1ccc(Sc2nncn2C)cc1. The first-order valence-corrected chi connectivity index (χ1v) is 6.91. The topological polar surface area (TPSA) is 52.0 Å². The lowest BCUT2D eigenvalue weighted by molar-refractivity contribution is 0.199. The van der Waals surface area contributed by atoms with E-state index in [1.165, 1.54) is 5.56 Å². The van der Waals surface area contributed by atoms with E-state index in [-0.39, 0.29) is 0 Å². The second kappa shape index (κ2) is 7.28. The van der Waals surface area contributed by atoms with Crippen LogP contribution in [-0.2, 0) is 18.3 Å². The molecule has 1 aromatic heterocycles. The molecule has 102 valence electrons. The molecule has 0 saturated carbocycles. The number of aromatic nitrogens is 3. The molecular formula is C13H18N4OS. The largest absolute Gasteiger partial charge is 0.383 e. The highest BCUT2D eigenvalue weighted by Gasteiger charge is 2.03. The van der Waals surface area contributed by atoms with Crippen molar-refractivity contribution in [1.82, 2.24) is 20.1 Å². The van der Waals surface area contributed by atoms with E-state index in [1.54, 1.807) is 25.2 Å². The van der Waals surface area contributed by atoms with Crippen LogP contribution >= 0.6 is 11.8 Å². The van der Waals surface area contributed by atoms with Gasteiger partial charge in [0, 0.05) is 32.1 Å². The first kappa shape index (κ1) is 14.0. The molecule has 0 bridgehead atoms. The Hall–Kier alpha value is -1.37. The van der Waals surface area contributed by atoms with E-state index in [1.807, 2.05) is 11.6 Å². The summed E-state index contributed by atoms with van der Waals surface area (Å²) in [6.45, 7) is 2.46. The molecule has 0 atom stereocenters. The Labute approximate surface area is 117 Å². The molecule has 19 heavy (non-hydrogen) atoms. The number of hydrogen-bond donors (Lipinski definition) is 1. The monoisotopic (exact) mass is 278 g/mol. The van der Waals surface area contributed by atoms with Crippen molar-refractivity contribution in [3.05, 3.63) is 36.2 Å². The summed E-state index contributed by atoms with van der Waals surface area (Å²) in [5.41, 5.74) is 1.26. The van der Waals surface area contributed by atoms with Gasteiger partial charge in [0.25, 0.3) is 0 Å². The van der Waals surface area contributed by atoms with Crippen LogP contribution in [0.5, 0.6) is 0 Å². The number of ether oxygens (including phenoxy) is 1. The summed E-state index contributed by atoms with van der Waals surface area (Å²) in [6.07, 6.45) is 1.70. The second-order valence-electron chi connectivity index (χ2n) is 4.14. The van der Waals surface area contributed by atoms with Gasteiger partial charge in [-0.25, -0.2) is 0 Å². The van der Waals surface area contributed by atoms with Gasteiger partial charge >= 0.3 is 0 Å². The van der Waals surface area contributed by atoms with Crippen LogP contribution in [-0.4, -0.2) is 35.0 Å². The third-order valence-electron chi connectivity index (χ3n) is 2.61. The summed E-state index contributed by atoms with van der Waals surface area (Å²) in [7, 11) is 3.65. The zero-order valence-corrected chi connectivity index (χ0v) is 12.0. The van der Waals surface area contributed by atoms with Gasteiger partial charge in [0.2, 0.25) is 0 Å². The maximum absolute atomic E-state index is 4.99. The molecule has 1 N–H and O–H groups in total. The highest BCUT2D eigenvalue weighted by atomic mass is 32.2. The first-order valence-electron chi connectivity index (χ1n) is 6.10. The van der Waals surface area contributed by atoms with Crippen molar-refractivity contribution < 1.29 is 4.74 Å². The minimum absolute atomic E-state index is 0.736. The molecule has 6 heteroatoms. The standard InChI is InChI=1S/C13H18N4OS/c1-17-10-15-16-13(17)19-12-5-3-11(4-6-12)9-14-7-8-18-2/h3-6,10,14H,7-9H2,1-2H3. The lowest BCUT2D eigenvalue weighted by Crippen LogP contribution is -2.18. The van der Waals surface area contributed by atoms with Gasteiger partial charge in [-0.15, -0.1) is 10.2 Å². The molecule has 0 fully saturated rings. The van der Waals surface area contributed by atoms with Crippen LogP contribution in [0, 0.1) is 0 Å². The number of methoxy groups -OCH3 is 1. The number of nitrogens with zero attached hydrogens (tertiary/aromatic N) is 3. The molecule has 0 amide bonds. The van der Waals surface area contributed by atoms with Gasteiger partial charge in [-0.3, -0.25) is 0 Å². The minimum atomic E-state index is 0.736. The zero-order valence-electron chi connectivity index (χ0n) is 11.2. The van der Waals surface area contributed by atoms with Gasteiger partial charge in [-0.05, 0) is 29.5 Å². The Morgan fingerprint density at radius 3 is 2.74 bits per heavy atom. The summed E-state index contributed by atoms with van der Waals surface area (Å²) in [6, 6.07) is 8.45. The van der Waals surface area contributed by atoms with Crippen molar-refractivity contribution >= 4 is 11.8 Å². The normalized spacial score (nSPS) is 10.8. The van der Waals surface area contributed by atoms with Crippen molar-refractivity contribution in [1.29, 1.82) is 0 Å². The third kappa shape index (κ3) is 4.34. The van der Waals surface area contributed by atoms with E-state index in [4.69, 9.17) is 4.74 Å². The molecule has 5 nitrogen and oxygen atoms in total. The Balaban J connectivity index is 1.86. The lowest BCUT2D eigenvalue weighted by Gasteiger charge is -2.05. The van der Waals surface area contributed by atoms with Crippen molar-refractivity contribution in [2.75, 3.05) is 20.3 Å². The highest BCUT2D eigenvalue weighted by Crippen LogP contribution is 2.25. The van der Waals surface area contributed by atoms with Gasteiger partial charge < -0.3 is 14.6 Å². The molecule has 0 saturated heterocycles. The lowest BCUT2D eigenvalue weighted by atomic mass is 10.2. The molecule has 0 aliphatic rings. The number of hydrogen-bond acceptors (Lipinski definition) is 5. The summed E-state index contributed by atoms with van der Waals surface area (Å²) < 4.78 is 6.90. The maximum atomic E-state index is 4.99. The van der Waals surface area contributed by atoms with Gasteiger partial charge in [-0.1, -0.05) is 12.1 Å². The Morgan fingerprint density at radius 2 is 2.11 bits per heavy atom. The summed E-state index contributed by atoms with van der Waals surface area (Å²) in [5.74, 6) is 0. The van der Waals surface area contributed by atoms with E-state index in [9.17, 15) is 0 Å². The van der Waals surface area contributed by atoms with Crippen LogP contribution in [0.3, 0.4) is 0 Å². The molecule has 1 heterocycles. The smallest absolute Gasteiger partial charge is 0.195 e. The fraction of sp³-hybridized carbons (Fsp3) is 0.385. The van der Waals surface area contributed by atoms with E-state index in [0.717, 1.165) is 29.7 Å². The third-order valence-corrected chi connectivity index (χ3v) is 3.67. The molecule has 1 aromatic carbocycles. The summed E-state index contributed by atoms with van der Waals surface area (Å²) in [5, 5.41) is 12.1. The quantitative estimate of drug-likeness (QED) is 0.781. The summed E-state index contributed by atoms with van der Waals surface area (Å²) in [4.78, 5) is 1.16. The van der Waals surface area contributed by atoms with E-state index in [2.05, 4.69) is 39.8 Å². The molecule has 2 rings (SSSR count). The fourth-order valence-corrected chi connectivity index (χ4v) is 2.31. The van der Waals surface area contributed by atoms with E-state index >= 15 is 0 Å². The molecule has 0 aliphatic carbocycles. The Bertz CT molecular complexity index is 498. The van der Waals surface area contributed by atoms with Crippen molar-refractivity contribution in [3.63, 3.8) is 0 Å². The van der Waals surface area contributed by atoms with Crippen LogP contribution in [0.25, 0.3) is 0 Å². The average Bonchev–Trinajstić information content (AvgIpc) is 2.82. The summed E-state index contributed by atoms with van der Waals surface area (Å²) >= 11 is 1.61. The fourth-order valence-electron chi connectivity index (χ4n) is 1.55. The molecular weight excluding hydrogens is 260 g/mol. The van der Waals surface area contributed by atoms with Gasteiger partial charge in [0.15, 0.2) is 5.16 Å². The highest BCUT2D eigenvalue weighted by molar-refractivity contribution is 7.99. The predicted octanol–water partition coefficient (Wildman–Crippen LogP) is 1.70. The second-order valence-corrected chi connectivity index (χ2v) is 5.18. The van der Waals surface area contributed by atoms with Crippen LogP contribution in [0.4, 0.5) is 0 Å². The minimum Gasteiger partial charge on any atom is -0.383 e. The van der Waals surface area contributed by atoms with Gasteiger partial charge in [0.05, 0.1) is 6.61 Å². The molecule has 0 unspecified atom stereocenters. The number of nitrogens with one attached hydrogen (secondary N) is 1. The number of aryl methyl sites for hydroxylation is 1. The van der Waals surface area contributed by atoms with Gasteiger partial charge in [0.1, 0.15) is 6.33 Å². The average molecular weight is 278 g/mol. The molecule has 0 spiro atoms. The number of benzene rings is 1. The van der Waals surface area contributed by atoms with E-state index < -0.39 is 0 Å². The molecule has 2 aromatic rings. The maximum Gasteiger partial charge on any atom is 0.195 e. The van der Waals surface area contributed by atoms with Crippen LogP contribution < -0.4 is 5.32 Å².